The second-order valence-electron chi connectivity index (χ2n) is 11.2. The highest BCUT2D eigenvalue weighted by molar-refractivity contribution is 6.00. The van der Waals surface area contributed by atoms with E-state index in [9.17, 15) is 19.8 Å². The molecule has 7 nitrogen and oxygen atoms in total. The summed E-state index contributed by atoms with van der Waals surface area (Å²) in [5.41, 5.74) is 3.17. The Hall–Kier alpha value is -3.98. The second kappa shape index (κ2) is 15.0. The lowest BCUT2D eigenvalue weighted by atomic mass is 9.91. The van der Waals surface area contributed by atoms with E-state index in [1.165, 1.54) is 0 Å². The van der Waals surface area contributed by atoms with Gasteiger partial charge in [-0.25, -0.2) is 0 Å². The first-order chi connectivity index (χ1) is 20.7. The summed E-state index contributed by atoms with van der Waals surface area (Å²) in [6.45, 7) is 0.918. The summed E-state index contributed by atoms with van der Waals surface area (Å²) in [6.07, 6.45) is -3.86. The largest absolute Gasteiger partial charge is 0.380 e. The molecule has 0 aromatic heterocycles. The Kier molecular flexibility index (Phi) is 11.1. The highest BCUT2D eigenvalue weighted by Crippen LogP contribution is 2.36. The topological polar surface area (TPSA) is 90.3 Å². The summed E-state index contributed by atoms with van der Waals surface area (Å²) in [7, 11) is 7.73. The molecule has 0 aliphatic rings. The molecule has 4 aromatic rings. The molecular weight excluding hydrogens is 540 g/mol. The number of hydrogen-bond donors (Lipinski definition) is 2. The van der Waals surface area contributed by atoms with Gasteiger partial charge in [-0.05, 0) is 50.4 Å². The maximum atomic E-state index is 13.3. The van der Waals surface area contributed by atoms with Crippen molar-refractivity contribution in [3.8, 4) is 0 Å². The summed E-state index contributed by atoms with van der Waals surface area (Å²) in [4.78, 5) is 30.5. The third-order valence-electron chi connectivity index (χ3n) is 7.28. The third-order valence-corrected chi connectivity index (χ3v) is 7.28. The second-order valence-corrected chi connectivity index (χ2v) is 11.2. The number of aliphatic hydroxyl groups is 2. The van der Waals surface area contributed by atoms with Gasteiger partial charge in [0.2, 0.25) is 0 Å². The SMILES string of the molecule is CN(C)CC(OC(CN(C)C)c1ccccc1C(O)C(=O)c1ccccc1)c1ccccc1C(O)C(=O)c1ccccc1. The van der Waals surface area contributed by atoms with Crippen LogP contribution in [-0.2, 0) is 4.74 Å². The molecule has 4 rings (SSSR count). The van der Waals surface area contributed by atoms with Crippen LogP contribution in [0.15, 0.2) is 109 Å². The van der Waals surface area contributed by atoms with Crippen molar-refractivity contribution in [3.05, 3.63) is 143 Å². The molecule has 43 heavy (non-hydrogen) atoms. The van der Waals surface area contributed by atoms with Crippen LogP contribution < -0.4 is 0 Å². The summed E-state index contributed by atoms with van der Waals surface area (Å²) < 4.78 is 6.87. The van der Waals surface area contributed by atoms with Gasteiger partial charge in [-0.15, -0.1) is 0 Å². The molecular formula is C36H40N2O5. The molecule has 7 heteroatoms. The van der Waals surface area contributed by atoms with Crippen LogP contribution in [0.5, 0.6) is 0 Å². The molecule has 0 radical (unpaired) electrons. The van der Waals surface area contributed by atoms with E-state index in [0.29, 0.717) is 46.5 Å². The molecule has 224 valence electrons. The van der Waals surface area contributed by atoms with Crippen LogP contribution >= 0.6 is 0 Å². The molecule has 0 spiro atoms. The summed E-state index contributed by atoms with van der Waals surface area (Å²) in [5, 5.41) is 22.6. The molecule has 0 amide bonds. The van der Waals surface area contributed by atoms with E-state index < -0.39 is 36.0 Å². The number of rotatable bonds is 14. The fourth-order valence-electron chi connectivity index (χ4n) is 5.20. The zero-order valence-corrected chi connectivity index (χ0v) is 25.1. The van der Waals surface area contributed by atoms with Crippen LogP contribution in [0, 0.1) is 0 Å². The molecule has 0 aliphatic carbocycles. The van der Waals surface area contributed by atoms with Crippen molar-refractivity contribution in [3.63, 3.8) is 0 Å². The normalized spacial score (nSPS) is 14.3. The van der Waals surface area contributed by atoms with E-state index in [-0.39, 0.29) is 0 Å². The van der Waals surface area contributed by atoms with Crippen LogP contribution in [0.2, 0.25) is 0 Å². The van der Waals surface area contributed by atoms with E-state index in [0.717, 1.165) is 0 Å². The van der Waals surface area contributed by atoms with Gasteiger partial charge in [0.05, 0.1) is 12.2 Å². The van der Waals surface area contributed by atoms with E-state index in [1.54, 1.807) is 72.8 Å². The minimum absolute atomic E-state index is 0.394. The van der Waals surface area contributed by atoms with Crippen molar-refractivity contribution in [2.75, 3.05) is 41.3 Å². The number of carbonyl (C=O) groups excluding carboxylic acids is 2. The van der Waals surface area contributed by atoms with Gasteiger partial charge in [-0.3, -0.25) is 9.59 Å². The average molecular weight is 581 g/mol. The maximum Gasteiger partial charge on any atom is 0.195 e. The molecule has 4 atom stereocenters. The number of carbonyl (C=O) groups is 2. The molecule has 0 aliphatic heterocycles. The van der Waals surface area contributed by atoms with Crippen molar-refractivity contribution in [2.45, 2.75) is 24.4 Å². The molecule has 2 N–H and O–H groups in total. The predicted molar refractivity (Wildman–Crippen MR) is 168 cm³/mol. The summed E-state index contributed by atoms with van der Waals surface area (Å²) >= 11 is 0. The number of ketones is 2. The number of aliphatic hydroxyl groups excluding tert-OH is 2. The number of nitrogens with zero attached hydrogens (tertiary/aromatic N) is 2. The number of ether oxygens (including phenoxy) is 1. The minimum atomic E-state index is -1.38. The lowest BCUT2D eigenvalue weighted by Crippen LogP contribution is -2.30. The molecule has 0 bridgehead atoms. The lowest BCUT2D eigenvalue weighted by Gasteiger charge is -2.32. The fourth-order valence-corrected chi connectivity index (χ4v) is 5.20. The Labute approximate surface area is 254 Å². The van der Waals surface area contributed by atoms with Crippen LogP contribution in [0.1, 0.15) is 67.4 Å². The third kappa shape index (κ3) is 8.10. The molecule has 0 fully saturated rings. The Bertz CT molecular complexity index is 1380. The van der Waals surface area contributed by atoms with E-state index in [1.807, 2.05) is 74.4 Å². The molecule has 4 unspecified atom stereocenters. The molecule has 4 aromatic carbocycles. The Morgan fingerprint density at radius 1 is 0.535 bits per heavy atom. The summed E-state index contributed by atoms with van der Waals surface area (Å²) in [5.74, 6) is -0.788. The first-order valence-electron chi connectivity index (χ1n) is 14.3. The van der Waals surface area contributed by atoms with Crippen molar-refractivity contribution in [1.82, 2.24) is 9.80 Å². The van der Waals surface area contributed by atoms with Crippen molar-refractivity contribution >= 4 is 11.6 Å². The maximum absolute atomic E-state index is 13.3. The zero-order chi connectivity index (χ0) is 30.9. The van der Waals surface area contributed by atoms with Gasteiger partial charge in [-0.1, -0.05) is 109 Å². The smallest absolute Gasteiger partial charge is 0.195 e. The molecule has 0 saturated carbocycles. The number of Topliss-reactive ketones (excluding diaryl/α,β-unsaturated/α-hetero) is 2. The first-order valence-corrected chi connectivity index (χ1v) is 14.3. The monoisotopic (exact) mass is 580 g/mol. The number of benzene rings is 4. The standard InChI is InChI=1S/C36H40N2O5/c1-37(2)23-31(27-19-11-13-21-29(27)35(41)33(39)25-15-7-5-8-16-25)43-32(24-38(3)4)28-20-12-14-22-30(28)36(42)34(40)26-17-9-6-10-18-26/h5-22,31-32,35-36,41-42H,23-24H2,1-4H3. The van der Waals surface area contributed by atoms with Gasteiger partial charge < -0.3 is 24.7 Å². The van der Waals surface area contributed by atoms with Gasteiger partial charge in [-0.2, -0.15) is 0 Å². The van der Waals surface area contributed by atoms with E-state index in [2.05, 4.69) is 0 Å². The predicted octanol–water partition coefficient (Wildman–Crippen LogP) is 5.44. The van der Waals surface area contributed by atoms with Crippen LogP contribution in [0.25, 0.3) is 0 Å². The molecule has 0 saturated heterocycles. The van der Waals surface area contributed by atoms with Crippen LogP contribution in [-0.4, -0.2) is 72.9 Å². The van der Waals surface area contributed by atoms with Gasteiger partial charge >= 0.3 is 0 Å². The Morgan fingerprint density at radius 2 is 0.837 bits per heavy atom. The zero-order valence-electron chi connectivity index (χ0n) is 25.1. The highest BCUT2D eigenvalue weighted by Gasteiger charge is 2.31. The van der Waals surface area contributed by atoms with Gasteiger partial charge in [0.15, 0.2) is 11.6 Å². The van der Waals surface area contributed by atoms with E-state index in [4.69, 9.17) is 4.74 Å². The average Bonchev–Trinajstić information content (AvgIpc) is 3.03. The Morgan fingerprint density at radius 3 is 1.16 bits per heavy atom. The van der Waals surface area contributed by atoms with Crippen LogP contribution in [0.3, 0.4) is 0 Å². The lowest BCUT2D eigenvalue weighted by molar-refractivity contribution is -0.0388. The number of likely N-dealkylation sites (N-methyl/N-ethyl adjacent to an activating group) is 2. The Balaban J connectivity index is 1.73. The van der Waals surface area contributed by atoms with Gasteiger partial charge in [0, 0.05) is 24.2 Å². The molecule has 0 heterocycles. The summed E-state index contributed by atoms with van der Waals surface area (Å²) in [6, 6.07) is 32.0. The van der Waals surface area contributed by atoms with Crippen molar-refractivity contribution < 1.29 is 24.5 Å². The van der Waals surface area contributed by atoms with E-state index >= 15 is 0 Å². The van der Waals surface area contributed by atoms with Crippen molar-refractivity contribution in [2.24, 2.45) is 0 Å². The van der Waals surface area contributed by atoms with Crippen molar-refractivity contribution in [1.29, 1.82) is 0 Å². The minimum Gasteiger partial charge on any atom is -0.380 e. The van der Waals surface area contributed by atoms with Crippen LogP contribution in [0.4, 0.5) is 0 Å². The fraction of sp³-hybridized carbons (Fsp3) is 0.278. The van der Waals surface area contributed by atoms with Gasteiger partial charge in [0.25, 0.3) is 0 Å². The van der Waals surface area contributed by atoms with Gasteiger partial charge in [0.1, 0.15) is 12.2 Å². The first kappa shape index (κ1) is 31.9. The quantitative estimate of drug-likeness (QED) is 0.192. The number of hydrogen-bond acceptors (Lipinski definition) is 7. The highest BCUT2D eigenvalue weighted by atomic mass is 16.5.